The van der Waals surface area contributed by atoms with Crippen molar-refractivity contribution < 1.29 is 14.3 Å². The van der Waals surface area contributed by atoms with Crippen LogP contribution in [-0.4, -0.2) is 61.5 Å². The monoisotopic (exact) mass is 355 g/mol. The predicted octanol–water partition coefficient (Wildman–Crippen LogP) is 2.05. The van der Waals surface area contributed by atoms with Gasteiger partial charge >= 0.3 is 0 Å². The fourth-order valence-corrected chi connectivity index (χ4v) is 4.04. The maximum absolute atomic E-state index is 12.9. The summed E-state index contributed by atoms with van der Waals surface area (Å²) in [4.78, 5) is 29.4. The van der Waals surface area contributed by atoms with Crippen LogP contribution in [0.5, 0.6) is 0 Å². The number of hydrogen-bond acceptors (Lipinski definition) is 4. The number of likely N-dealkylation sites (tertiary alicyclic amines) is 2. The van der Waals surface area contributed by atoms with Crippen molar-refractivity contribution in [2.75, 3.05) is 39.9 Å². The van der Waals surface area contributed by atoms with E-state index in [0.717, 1.165) is 32.2 Å². The third-order valence-corrected chi connectivity index (χ3v) is 5.66. The van der Waals surface area contributed by atoms with E-state index in [4.69, 9.17) is 10.00 Å². The summed E-state index contributed by atoms with van der Waals surface area (Å²) >= 11 is 0. The van der Waals surface area contributed by atoms with Crippen LogP contribution in [0.15, 0.2) is 24.3 Å². The fraction of sp³-hybridized carbons (Fsp3) is 0.550. The third-order valence-electron chi connectivity index (χ3n) is 5.66. The highest BCUT2D eigenvalue weighted by atomic mass is 16.5. The molecule has 0 aromatic heterocycles. The van der Waals surface area contributed by atoms with Gasteiger partial charge in [-0.3, -0.25) is 9.59 Å². The fourth-order valence-electron chi connectivity index (χ4n) is 4.04. The lowest BCUT2D eigenvalue weighted by Crippen LogP contribution is -2.37. The Kier molecular flexibility index (Phi) is 5.58. The number of methoxy groups -OCH3 is 1. The van der Waals surface area contributed by atoms with Crippen molar-refractivity contribution >= 4 is 11.8 Å². The Labute approximate surface area is 154 Å². The quantitative estimate of drug-likeness (QED) is 0.828. The van der Waals surface area contributed by atoms with Crippen molar-refractivity contribution in [1.29, 1.82) is 5.26 Å². The normalized spacial score (nSPS) is 23.2. The summed E-state index contributed by atoms with van der Waals surface area (Å²) in [6.07, 6.45) is 3.27. The first kappa shape index (κ1) is 18.4. The number of nitrogens with zero attached hydrogens (tertiary/aromatic N) is 3. The molecule has 1 aromatic rings. The predicted molar refractivity (Wildman–Crippen MR) is 96.4 cm³/mol. The van der Waals surface area contributed by atoms with E-state index in [9.17, 15) is 9.59 Å². The molecule has 0 aliphatic carbocycles. The first-order valence-electron chi connectivity index (χ1n) is 9.17. The minimum absolute atomic E-state index is 0.0202. The van der Waals surface area contributed by atoms with Gasteiger partial charge in [-0.15, -0.1) is 0 Å². The number of hydrogen-bond donors (Lipinski definition) is 0. The molecule has 1 aromatic carbocycles. The number of amides is 2. The molecule has 2 aliphatic heterocycles. The van der Waals surface area contributed by atoms with Crippen LogP contribution in [-0.2, 0) is 9.53 Å². The zero-order valence-corrected chi connectivity index (χ0v) is 15.2. The molecule has 0 unspecified atom stereocenters. The number of carbonyl (C=O) groups is 2. The van der Waals surface area contributed by atoms with Crippen molar-refractivity contribution in [3.63, 3.8) is 0 Å². The van der Waals surface area contributed by atoms with Crippen molar-refractivity contribution in [1.82, 2.24) is 9.80 Å². The Balaban J connectivity index is 1.65. The van der Waals surface area contributed by atoms with E-state index in [0.29, 0.717) is 37.4 Å². The first-order chi connectivity index (χ1) is 12.6. The molecule has 138 valence electrons. The van der Waals surface area contributed by atoms with Gasteiger partial charge in [0.15, 0.2) is 0 Å². The topological polar surface area (TPSA) is 73.6 Å². The van der Waals surface area contributed by atoms with Gasteiger partial charge in [0.25, 0.3) is 5.91 Å². The molecule has 26 heavy (non-hydrogen) atoms. The number of carbonyl (C=O) groups excluding carboxylic acids is 2. The zero-order chi connectivity index (χ0) is 18.6. The highest BCUT2D eigenvalue weighted by Crippen LogP contribution is 2.41. The largest absolute Gasteiger partial charge is 0.383 e. The van der Waals surface area contributed by atoms with E-state index in [-0.39, 0.29) is 17.2 Å². The maximum atomic E-state index is 12.9. The average molecular weight is 355 g/mol. The molecule has 2 fully saturated rings. The molecule has 2 aliphatic rings. The highest BCUT2D eigenvalue weighted by molar-refractivity contribution is 5.94. The first-order valence-corrected chi connectivity index (χ1v) is 9.17. The number of nitriles is 1. The van der Waals surface area contributed by atoms with Crippen LogP contribution in [0.25, 0.3) is 0 Å². The lowest BCUT2D eigenvalue weighted by Gasteiger charge is -2.26. The molecule has 0 bridgehead atoms. The van der Waals surface area contributed by atoms with E-state index >= 15 is 0 Å². The lowest BCUT2D eigenvalue weighted by molar-refractivity contribution is -0.137. The van der Waals surface area contributed by atoms with Crippen LogP contribution >= 0.6 is 0 Å². The second-order valence-corrected chi connectivity index (χ2v) is 7.15. The van der Waals surface area contributed by atoms with Gasteiger partial charge in [-0.05, 0) is 49.9 Å². The molecule has 6 nitrogen and oxygen atoms in total. The molecule has 2 saturated heterocycles. The Hall–Kier alpha value is -2.39. The van der Waals surface area contributed by atoms with Gasteiger partial charge in [0, 0.05) is 38.9 Å². The molecule has 1 atom stereocenters. The maximum Gasteiger partial charge on any atom is 0.253 e. The Morgan fingerprint density at radius 2 is 1.92 bits per heavy atom. The molecule has 0 radical (unpaired) electrons. The summed E-state index contributed by atoms with van der Waals surface area (Å²) in [5, 5.41) is 8.88. The molecule has 6 heteroatoms. The standard InChI is InChI=1S/C20H25N3O3/c1-26-14-13-23-12-9-20(19(23)25)7-2-10-22(11-8-20)18(24)17-5-3-16(15-21)4-6-17/h3-6H,2,7-14H2,1H3/t20-/m1/s1. The van der Waals surface area contributed by atoms with Crippen LogP contribution < -0.4 is 0 Å². The Morgan fingerprint density at radius 3 is 2.62 bits per heavy atom. The molecule has 0 saturated carbocycles. The van der Waals surface area contributed by atoms with E-state index in [2.05, 4.69) is 6.07 Å². The van der Waals surface area contributed by atoms with Crippen molar-refractivity contribution in [2.45, 2.75) is 25.7 Å². The van der Waals surface area contributed by atoms with Gasteiger partial charge in [0.2, 0.25) is 5.91 Å². The minimum Gasteiger partial charge on any atom is -0.383 e. The third kappa shape index (κ3) is 3.58. The van der Waals surface area contributed by atoms with Crippen LogP contribution in [0.1, 0.15) is 41.6 Å². The van der Waals surface area contributed by atoms with Crippen molar-refractivity contribution in [2.24, 2.45) is 5.41 Å². The van der Waals surface area contributed by atoms with Crippen molar-refractivity contribution in [3.05, 3.63) is 35.4 Å². The summed E-state index contributed by atoms with van der Waals surface area (Å²) in [6, 6.07) is 8.80. The molecular formula is C20H25N3O3. The van der Waals surface area contributed by atoms with Gasteiger partial charge in [0.1, 0.15) is 0 Å². The minimum atomic E-state index is -0.312. The number of rotatable bonds is 4. The Morgan fingerprint density at radius 1 is 1.19 bits per heavy atom. The smallest absolute Gasteiger partial charge is 0.253 e. The average Bonchev–Trinajstić information content (AvgIpc) is 2.85. The van der Waals surface area contributed by atoms with Gasteiger partial charge in [0.05, 0.1) is 23.7 Å². The second-order valence-electron chi connectivity index (χ2n) is 7.15. The summed E-state index contributed by atoms with van der Waals surface area (Å²) in [7, 11) is 1.65. The molecule has 2 heterocycles. The summed E-state index contributed by atoms with van der Waals surface area (Å²) in [5.74, 6) is 0.204. The molecule has 3 rings (SSSR count). The van der Waals surface area contributed by atoms with Crippen LogP contribution in [0, 0.1) is 16.7 Å². The van der Waals surface area contributed by atoms with Crippen LogP contribution in [0.3, 0.4) is 0 Å². The number of benzene rings is 1. The summed E-state index contributed by atoms with van der Waals surface area (Å²) in [6.45, 7) is 3.26. The van der Waals surface area contributed by atoms with E-state index < -0.39 is 0 Å². The van der Waals surface area contributed by atoms with Gasteiger partial charge in [-0.2, -0.15) is 5.26 Å². The highest BCUT2D eigenvalue weighted by Gasteiger charge is 2.47. The lowest BCUT2D eigenvalue weighted by atomic mass is 9.79. The van der Waals surface area contributed by atoms with Crippen LogP contribution in [0.2, 0.25) is 0 Å². The summed E-state index contributed by atoms with van der Waals surface area (Å²) < 4.78 is 5.10. The molecule has 1 spiro atoms. The molecule has 0 N–H and O–H groups in total. The van der Waals surface area contributed by atoms with E-state index in [1.54, 1.807) is 31.4 Å². The van der Waals surface area contributed by atoms with Gasteiger partial charge in [-0.1, -0.05) is 0 Å². The number of ether oxygens (including phenoxy) is 1. The zero-order valence-electron chi connectivity index (χ0n) is 15.2. The van der Waals surface area contributed by atoms with Gasteiger partial charge in [-0.25, -0.2) is 0 Å². The molecular weight excluding hydrogens is 330 g/mol. The van der Waals surface area contributed by atoms with Gasteiger partial charge < -0.3 is 14.5 Å². The van der Waals surface area contributed by atoms with E-state index in [1.807, 2.05) is 9.80 Å². The summed E-state index contributed by atoms with van der Waals surface area (Å²) in [5.41, 5.74) is 0.830. The SMILES string of the molecule is COCCN1CC[C@]2(CCCN(C(=O)c3ccc(C#N)cc3)CC2)C1=O. The Bertz CT molecular complexity index is 710. The molecule has 2 amide bonds. The van der Waals surface area contributed by atoms with Crippen LogP contribution in [0.4, 0.5) is 0 Å². The second kappa shape index (κ2) is 7.88. The van der Waals surface area contributed by atoms with Crippen molar-refractivity contribution in [3.8, 4) is 6.07 Å². The van der Waals surface area contributed by atoms with E-state index in [1.165, 1.54) is 0 Å².